The van der Waals surface area contributed by atoms with Crippen molar-refractivity contribution in [1.82, 2.24) is 4.90 Å². The second-order valence-electron chi connectivity index (χ2n) is 9.59. The first-order chi connectivity index (χ1) is 17.5. The highest BCUT2D eigenvalue weighted by Crippen LogP contribution is 2.38. The highest BCUT2D eigenvalue weighted by molar-refractivity contribution is 6.32. The van der Waals surface area contributed by atoms with Crippen LogP contribution in [0.1, 0.15) is 50.8 Å². The molecule has 0 aliphatic rings. The number of halogens is 2. The van der Waals surface area contributed by atoms with Crippen LogP contribution in [0.15, 0.2) is 49.2 Å². The van der Waals surface area contributed by atoms with Crippen molar-refractivity contribution in [2.45, 2.75) is 58.7 Å². The van der Waals surface area contributed by atoms with E-state index < -0.39 is 18.2 Å². The van der Waals surface area contributed by atoms with Crippen LogP contribution in [-0.2, 0) is 14.9 Å². The Hall–Kier alpha value is -2.41. The Kier molecular flexibility index (Phi) is 12.1. The zero-order valence-corrected chi connectivity index (χ0v) is 23.9. The lowest BCUT2D eigenvalue weighted by Gasteiger charge is -2.28. The molecule has 1 N–H and O–H groups in total. The van der Waals surface area contributed by atoms with E-state index in [0.717, 1.165) is 29.7 Å². The molecule has 6 nitrogen and oxygen atoms in total. The first-order valence-electron chi connectivity index (χ1n) is 12.5. The van der Waals surface area contributed by atoms with E-state index in [0.29, 0.717) is 23.1 Å². The van der Waals surface area contributed by atoms with E-state index in [-0.39, 0.29) is 24.5 Å². The van der Waals surface area contributed by atoms with Crippen molar-refractivity contribution in [1.29, 1.82) is 0 Å². The van der Waals surface area contributed by atoms with Crippen molar-refractivity contribution in [3.8, 4) is 11.5 Å². The highest BCUT2D eigenvalue weighted by Gasteiger charge is 2.26. The summed E-state index contributed by atoms with van der Waals surface area (Å²) >= 11 is 12.5. The van der Waals surface area contributed by atoms with Crippen LogP contribution in [0.5, 0.6) is 11.5 Å². The normalized spacial score (nSPS) is 13.0. The summed E-state index contributed by atoms with van der Waals surface area (Å²) in [6.45, 7) is 15.1. The van der Waals surface area contributed by atoms with Crippen molar-refractivity contribution in [3.63, 3.8) is 0 Å². The quantitative estimate of drug-likeness (QED) is 0.212. The lowest BCUT2D eigenvalue weighted by atomic mass is 9.77. The zero-order chi connectivity index (χ0) is 27.6. The molecule has 37 heavy (non-hydrogen) atoms. The molecule has 0 aliphatic carbocycles. The molecule has 0 saturated carbocycles. The third kappa shape index (κ3) is 9.13. The fourth-order valence-electron chi connectivity index (χ4n) is 3.99. The van der Waals surface area contributed by atoms with Gasteiger partial charge in [0.15, 0.2) is 0 Å². The number of alkyl halides is 1. The Bertz CT molecular complexity index is 1000. The molecule has 8 heteroatoms. The number of aliphatic hydroxyl groups is 1. The largest absolute Gasteiger partial charge is 0.491 e. The molecule has 2 aromatic carbocycles. The van der Waals surface area contributed by atoms with E-state index >= 15 is 0 Å². The van der Waals surface area contributed by atoms with Gasteiger partial charge in [-0.2, -0.15) is 0 Å². The maximum Gasteiger partial charge on any atom is 0.303 e. The van der Waals surface area contributed by atoms with Gasteiger partial charge < -0.3 is 24.2 Å². The first kappa shape index (κ1) is 30.8. The molecular weight excluding hydrogens is 513 g/mol. The number of esters is 1. The van der Waals surface area contributed by atoms with E-state index in [9.17, 15) is 9.90 Å². The number of rotatable bonds is 15. The standard InChI is InChI=1S/C29H39Cl2NO5/c1-7-13-32(8-2)17-24(34)18-35-25-11-9-22(10-12-25)29(5,6)23-14-20(3)28(27(31)15-23)36-19-26(16-30)37-21(4)33/h8-12,14-15,24,26,34H,2,7,13,16-19H2,1,3-6H3. The molecule has 204 valence electrons. The average molecular weight is 553 g/mol. The number of hydrogen-bond donors (Lipinski definition) is 1. The number of carbonyl (C=O) groups is 1. The van der Waals surface area contributed by atoms with E-state index in [1.165, 1.54) is 6.92 Å². The van der Waals surface area contributed by atoms with E-state index in [1.807, 2.05) is 48.2 Å². The van der Waals surface area contributed by atoms with Gasteiger partial charge in [-0.25, -0.2) is 0 Å². The summed E-state index contributed by atoms with van der Waals surface area (Å²) in [4.78, 5) is 13.2. The third-order valence-corrected chi connectivity index (χ3v) is 6.73. The minimum absolute atomic E-state index is 0.118. The Labute approximate surface area is 231 Å². The van der Waals surface area contributed by atoms with Gasteiger partial charge in [0.1, 0.15) is 36.9 Å². The molecule has 0 aliphatic heterocycles. The van der Waals surface area contributed by atoms with Gasteiger partial charge in [-0.1, -0.05) is 57.2 Å². The van der Waals surface area contributed by atoms with Gasteiger partial charge in [0.25, 0.3) is 0 Å². The lowest BCUT2D eigenvalue weighted by molar-refractivity contribution is -0.146. The van der Waals surface area contributed by atoms with Crippen LogP contribution < -0.4 is 9.47 Å². The minimum Gasteiger partial charge on any atom is -0.491 e. The molecular formula is C29H39Cl2NO5. The van der Waals surface area contributed by atoms with Crippen LogP contribution in [-0.4, -0.2) is 60.4 Å². The summed E-state index contributed by atoms with van der Waals surface area (Å²) in [5.41, 5.74) is 2.65. The second kappa shape index (κ2) is 14.5. The molecule has 0 fully saturated rings. The molecule has 2 atom stereocenters. The molecule has 2 unspecified atom stereocenters. The fourth-order valence-corrected chi connectivity index (χ4v) is 4.46. The zero-order valence-electron chi connectivity index (χ0n) is 22.4. The van der Waals surface area contributed by atoms with Gasteiger partial charge in [-0.15, -0.1) is 11.6 Å². The molecule has 0 radical (unpaired) electrons. The molecule has 0 spiro atoms. The van der Waals surface area contributed by atoms with Crippen LogP contribution in [0.2, 0.25) is 5.02 Å². The number of hydrogen-bond acceptors (Lipinski definition) is 6. The topological polar surface area (TPSA) is 68.2 Å². The first-order valence-corrected chi connectivity index (χ1v) is 13.4. The lowest BCUT2D eigenvalue weighted by Crippen LogP contribution is -2.32. The van der Waals surface area contributed by atoms with Crippen LogP contribution in [0.3, 0.4) is 0 Å². The summed E-state index contributed by atoms with van der Waals surface area (Å²) in [6, 6.07) is 11.8. The van der Waals surface area contributed by atoms with Crippen LogP contribution in [0.4, 0.5) is 0 Å². The van der Waals surface area contributed by atoms with Crippen LogP contribution in [0, 0.1) is 6.92 Å². The molecule has 2 aromatic rings. The summed E-state index contributed by atoms with van der Waals surface area (Å²) in [7, 11) is 0. The van der Waals surface area contributed by atoms with E-state index in [4.69, 9.17) is 37.4 Å². The average Bonchev–Trinajstić information content (AvgIpc) is 2.85. The Morgan fingerprint density at radius 3 is 2.38 bits per heavy atom. The smallest absolute Gasteiger partial charge is 0.303 e. The minimum atomic E-state index is -0.611. The maximum absolute atomic E-state index is 11.2. The molecule has 0 bridgehead atoms. The van der Waals surface area contributed by atoms with Crippen molar-refractivity contribution in [3.05, 3.63) is 70.9 Å². The maximum atomic E-state index is 11.2. The fraction of sp³-hybridized carbons (Fsp3) is 0.483. The van der Waals surface area contributed by atoms with Gasteiger partial charge in [0.05, 0.1) is 10.9 Å². The van der Waals surface area contributed by atoms with Crippen molar-refractivity contribution >= 4 is 29.2 Å². The van der Waals surface area contributed by atoms with Crippen molar-refractivity contribution < 1.29 is 24.1 Å². The SMILES string of the molecule is C=CN(CCC)CC(O)COc1ccc(C(C)(C)c2cc(C)c(OCC(CCl)OC(C)=O)c(Cl)c2)cc1. The Balaban J connectivity index is 2.08. The summed E-state index contributed by atoms with van der Waals surface area (Å²) in [6.07, 6.45) is 1.57. The van der Waals surface area contributed by atoms with Gasteiger partial charge in [-0.3, -0.25) is 4.79 Å². The van der Waals surface area contributed by atoms with Crippen LogP contribution in [0.25, 0.3) is 0 Å². The number of aliphatic hydroxyl groups excluding tert-OH is 1. The Morgan fingerprint density at radius 2 is 1.84 bits per heavy atom. The number of benzene rings is 2. The number of aryl methyl sites for hydroxylation is 1. The molecule has 0 aromatic heterocycles. The number of ether oxygens (including phenoxy) is 3. The third-order valence-electron chi connectivity index (χ3n) is 6.10. The van der Waals surface area contributed by atoms with E-state index in [1.54, 1.807) is 6.20 Å². The molecule has 2 rings (SSSR count). The van der Waals surface area contributed by atoms with Gasteiger partial charge >= 0.3 is 5.97 Å². The predicted octanol–water partition coefficient (Wildman–Crippen LogP) is 6.12. The van der Waals surface area contributed by atoms with Gasteiger partial charge in [0, 0.05) is 25.4 Å². The summed E-state index contributed by atoms with van der Waals surface area (Å²) < 4.78 is 16.8. The Morgan fingerprint density at radius 1 is 1.16 bits per heavy atom. The molecule has 0 amide bonds. The molecule has 0 saturated heterocycles. The van der Waals surface area contributed by atoms with Gasteiger partial charge in [-0.05, 0) is 54.4 Å². The van der Waals surface area contributed by atoms with Crippen LogP contribution >= 0.6 is 23.2 Å². The number of nitrogens with zero attached hydrogens (tertiary/aromatic N) is 1. The van der Waals surface area contributed by atoms with Gasteiger partial charge in [0.2, 0.25) is 0 Å². The van der Waals surface area contributed by atoms with Crippen molar-refractivity contribution in [2.24, 2.45) is 0 Å². The number of carbonyl (C=O) groups excluding carboxylic acids is 1. The monoisotopic (exact) mass is 551 g/mol. The van der Waals surface area contributed by atoms with E-state index in [2.05, 4.69) is 27.4 Å². The predicted molar refractivity (Wildman–Crippen MR) is 150 cm³/mol. The van der Waals surface area contributed by atoms with Crippen molar-refractivity contribution in [2.75, 3.05) is 32.2 Å². The summed E-state index contributed by atoms with van der Waals surface area (Å²) in [5.74, 6) is 0.957. The second-order valence-corrected chi connectivity index (χ2v) is 10.3. The summed E-state index contributed by atoms with van der Waals surface area (Å²) in [5, 5.41) is 10.8. The molecule has 0 heterocycles. The highest BCUT2D eigenvalue weighted by atomic mass is 35.5.